The maximum atomic E-state index is 5.60. The first-order valence-electron chi connectivity index (χ1n) is 5.30. The van der Waals surface area contributed by atoms with E-state index >= 15 is 0 Å². The third kappa shape index (κ3) is 2.41. The van der Waals surface area contributed by atoms with Crippen LogP contribution in [0.4, 0.5) is 23.0 Å². The predicted molar refractivity (Wildman–Crippen MR) is 67.4 cm³/mol. The third-order valence-corrected chi connectivity index (χ3v) is 2.40. The summed E-state index contributed by atoms with van der Waals surface area (Å²) in [7, 11) is 0. The van der Waals surface area contributed by atoms with Crippen LogP contribution in [0.25, 0.3) is 0 Å². The maximum absolute atomic E-state index is 5.60. The Bertz CT molecular complexity index is 506. The van der Waals surface area contributed by atoms with Gasteiger partial charge in [-0.3, -0.25) is 5.10 Å². The van der Waals surface area contributed by atoms with E-state index in [-0.39, 0.29) is 5.82 Å². The minimum absolute atomic E-state index is 0.247. The molecule has 0 amide bonds. The van der Waals surface area contributed by atoms with Crippen LogP contribution in [0.15, 0.2) is 34.5 Å². The molecule has 0 saturated heterocycles. The van der Waals surface area contributed by atoms with E-state index in [1.165, 1.54) is 5.56 Å². The average Bonchev–Trinajstić information content (AvgIpc) is 2.67. The van der Waals surface area contributed by atoms with Crippen LogP contribution in [-0.4, -0.2) is 10.2 Å². The maximum Gasteiger partial charge on any atom is 0.175 e. The minimum atomic E-state index is 0.247. The van der Waals surface area contributed by atoms with E-state index in [1.54, 1.807) is 0 Å². The van der Waals surface area contributed by atoms with Gasteiger partial charge >= 0.3 is 0 Å². The Morgan fingerprint density at radius 3 is 2.41 bits per heavy atom. The van der Waals surface area contributed by atoms with Crippen molar-refractivity contribution in [3.8, 4) is 0 Å². The molecule has 0 unspecified atom stereocenters. The Balaban J connectivity index is 2.20. The molecular weight excluding hydrogens is 216 g/mol. The van der Waals surface area contributed by atoms with E-state index in [0.29, 0.717) is 11.5 Å². The number of aromatic nitrogens is 2. The molecule has 17 heavy (non-hydrogen) atoms. The number of aryl methyl sites for hydroxylation is 1. The molecule has 0 aliphatic rings. The molecule has 2 aromatic rings. The van der Waals surface area contributed by atoms with Crippen molar-refractivity contribution in [1.29, 1.82) is 0 Å². The van der Waals surface area contributed by atoms with Crippen molar-refractivity contribution in [3.05, 3.63) is 29.8 Å². The van der Waals surface area contributed by atoms with E-state index in [0.717, 1.165) is 12.1 Å². The summed E-state index contributed by atoms with van der Waals surface area (Å²) in [6.45, 7) is 2.10. The molecule has 0 fully saturated rings. The molecule has 0 aliphatic heterocycles. The first-order valence-corrected chi connectivity index (χ1v) is 5.30. The van der Waals surface area contributed by atoms with Crippen LogP contribution >= 0.6 is 0 Å². The summed E-state index contributed by atoms with van der Waals surface area (Å²) in [4.78, 5) is 0. The molecule has 6 nitrogen and oxygen atoms in total. The molecule has 1 aromatic carbocycles. The molecule has 88 valence electrons. The molecule has 0 bridgehead atoms. The van der Waals surface area contributed by atoms with E-state index in [4.69, 9.17) is 11.5 Å². The topological polar surface area (TPSA) is 105 Å². The molecule has 5 N–H and O–H groups in total. The van der Waals surface area contributed by atoms with E-state index in [1.807, 2.05) is 24.3 Å². The Hall–Kier alpha value is -2.37. The summed E-state index contributed by atoms with van der Waals surface area (Å²) in [5.41, 5.74) is 13.6. The zero-order valence-corrected chi connectivity index (χ0v) is 9.51. The van der Waals surface area contributed by atoms with Crippen LogP contribution in [0.3, 0.4) is 0 Å². The summed E-state index contributed by atoms with van der Waals surface area (Å²) >= 11 is 0. The molecule has 0 atom stereocenters. The van der Waals surface area contributed by atoms with Crippen molar-refractivity contribution in [2.45, 2.75) is 13.3 Å². The summed E-state index contributed by atoms with van der Waals surface area (Å²) in [6.07, 6.45) is 0.999. The highest BCUT2D eigenvalue weighted by atomic mass is 15.2. The van der Waals surface area contributed by atoms with E-state index in [9.17, 15) is 0 Å². The number of nitrogens with one attached hydrogen (secondary N) is 1. The molecule has 1 heterocycles. The van der Waals surface area contributed by atoms with Gasteiger partial charge in [0.1, 0.15) is 5.82 Å². The zero-order valence-electron chi connectivity index (χ0n) is 9.51. The van der Waals surface area contributed by atoms with Crippen molar-refractivity contribution in [1.82, 2.24) is 10.2 Å². The van der Waals surface area contributed by atoms with Crippen LogP contribution in [0.5, 0.6) is 0 Å². The van der Waals surface area contributed by atoms with E-state index < -0.39 is 0 Å². The molecule has 0 aliphatic carbocycles. The van der Waals surface area contributed by atoms with Crippen molar-refractivity contribution < 1.29 is 0 Å². The predicted octanol–water partition coefficient (Wildman–Crippen LogP) is 2.55. The number of azo groups is 1. The molecule has 6 heteroatoms. The highest BCUT2D eigenvalue weighted by molar-refractivity contribution is 5.70. The number of rotatable bonds is 3. The second kappa shape index (κ2) is 4.65. The normalized spacial score (nSPS) is 11.1. The second-order valence-electron chi connectivity index (χ2n) is 3.59. The number of anilines is 2. The van der Waals surface area contributed by atoms with E-state index in [2.05, 4.69) is 27.3 Å². The molecule has 0 spiro atoms. The van der Waals surface area contributed by atoms with Crippen molar-refractivity contribution in [2.24, 2.45) is 10.2 Å². The lowest BCUT2D eigenvalue weighted by molar-refractivity contribution is 1.11. The Morgan fingerprint density at radius 1 is 1.18 bits per heavy atom. The standard InChI is InChI=1S/C11H14N6/c1-2-7-3-5-8(6-4-7)14-15-9-10(12)16-17-11(9)13/h3-6H,2H2,1H3,(H5,12,13,16,17). The fourth-order valence-corrected chi connectivity index (χ4v) is 1.38. The highest BCUT2D eigenvalue weighted by Gasteiger charge is 2.05. The summed E-state index contributed by atoms with van der Waals surface area (Å²) < 4.78 is 0. The van der Waals surface area contributed by atoms with Crippen LogP contribution in [0, 0.1) is 0 Å². The van der Waals surface area contributed by atoms with Crippen LogP contribution in [0.1, 0.15) is 12.5 Å². The zero-order chi connectivity index (χ0) is 12.3. The number of benzene rings is 1. The molecule has 0 saturated carbocycles. The second-order valence-corrected chi connectivity index (χ2v) is 3.59. The van der Waals surface area contributed by atoms with Crippen molar-refractivity contribution in [3.63, 3.8) is 0 Å². The summed E-state index contributed by atoms with van der Waals surface area (Å²) in [6, 6.07) is 7.82. The fourth-order valence-electron chi connectivity index (χ4n) is 1.38. The van der Waals surface area contributed by atoms with Crippen molar-refractivity contribution in [2.75, 3.05) is 11.5 Å². The van der Waals surface area contributed by atoms with Gasteiger partial charge in [0.05, 0.1) is 5.69 Å². The summed E-state index contributed by atoms with van der Waals surface area (Å²) in [5.74, 6) is 0.563. The van der Waals surface area contributed by atoms with Gasteiger partial charge in [-0.25, -0.2) is 0 Å². The van der Waals surface area contributed by atoms with Gasteiger partial charge in [0.15, 0.2) is 11.5 Å². The Morgan fingerprint density at radius 2 is 1.88 bits per heavy atom. The number of nitrogens with two attached hydrogens (primary N) is 2. The van der Waals surface area contributed by atoms with Crippen LogP contribution in [-0.2, 0) is 6.42 Å². The van der Waals surface area contributed by atoms with Gasteiger partial charge < -0.3 is 11.5 Å². The van der Waals surface area contributed by atoms with Gasteiger partial charge in [-0.15, -0.1) is 5.11 Å². The largest absolute Gasteiger partial charge is 0.382 e. The first kappa shape index (κ1) is 11.1. The summed E-state index contributed by atoms with van der Waals surface area (Å²) in [5, 5.41) is 14.3. The molecule has 2 rings (SSSR count). The molecular formula is C11H14N6. The smallest absolute Gasteiger partial charge is 0.175 e. The first-order chi connectivity index (χ1) is 8.20. The Kier molecular flexibility index (Phi) is 3.04. The van der Waals surface area contributed by atoms with Gasteiger partial charge in [0.25, 0.3) is 0 Å². The Labute approximate surface area is 98.7 Å². The lowest BCUT2D eigenvalue weighted by atomic mass is 10.2. The number of nitrogens with zero attached hydrogens (tertiary/aromatic N) is 3. The van der Waals surface area contributed by atoms with Crippen molar-refractivity contribution >= 4 is 23.0 Å². The van der Waals surface area contributed by atoms with Crippen LogP contribution < -0.4 is 11.5 Å². The highest BCUT2D eigenvalue weighted by Crippen LogP contribution is 2.28. The quantitative estimate of drug-likeness (QED) is 0.705. The number of H-pyrrole nitrogens is 1. The lowest BCUT2D eigenvalue weighted by Crippen LogP contribution is -1.84. The van der Waals surface area contributed by atoms with Gasteiger partial charge in [-0.2, -0.15) is 10.2 Å². The van der Waals surface area contributed by atoms with Crippen LogP contribution in [0.2, 0.25) is 0 Å². The SMILES string of the molecule is CCc1ccc(N=Nc2c(N)n[nH]c2N)cc1. The van der Waals surface area contributed by atoms with Gasteiger partial charge in [-0.05, 0) is 24.1 Å². The van der Waals surface area contributed by atoms with Gasteiger partial charge in [0.2, 0.25) is 0 Å². The van der Waals surface area contributed by atoms with Gasteiger partial charge in [-0.1, -0.05) is 19.1 Å². The minimum Gasteiger partial charge on any atom is -0.382 e. The fraction of sp³-hybridized carbons (Fsp3) is 0.182. The number of hydrogen-bond donors (Lipinski definition) is 3. The monoisotopic (exact) mass is 230 g/mol. The molecule has 0 radical (unpaired) electrons. The lowest BCUT2D eigenvalue weighted by Gasteiger charge is -1.96. The number of hydrogen-bond acceptors (Lipinski definition) is 5. The average molecular weight is 230 g/mol. The third-order valence-electron chi connectivity index (χ3n) is 2.40. The van der Waals surface area contributed by atoms with Gasteiger partial charge in [0, 0.05) is 0 Å². The molecule has 1 aromatic heterocycles. The number of nitrogen functional groups attached to an aromatic ring is 2. The number of aromatic amines is 1.